The fourth-order valence-electron chi connectivity index (χ4n) is 1.79. The Morgan fingerprint density at radius 2 is 2.14 bits per heavy atom. The number of nitrogens with one attached hydrogen (secondary N) is 1. The first kappa shape index (κ1) is 15.6. The Morgan fingerprint density at radius 3 is 2.82 bits per heavy atom. The van der Waals surface area contributed by atoms with E-state index in [2.05, 4.69) is 20.4 Å². The van der Waals surface area contributed by atoms with E-state index < -0.39 is 0 Å². The van der Waals surface area contributed by atoms with Crippen LogP contribution in [0.15, 0.2) is 29.2 Å². The van der Waals surface area contributed by atoms with Gasteiger partial charge < -0.3 is 10.2 Å². The number of anilines is 1. The zero-order valence-corrected chi connectivity index (χ0v) is 12.8. The molecule has 1 amide bonds. The first-order chi connectivity index (χ1) is 10.5. The molecule has 0 radical (unpaired) electrons. The van der Waals surface area contributed by atoms with Gasteiger partial charge in [-0.2, -0.15) is 5.10 Å². The van der Waals surface area contributed by atoms with E-state index in [4.69, 9.17) is 0 Å². The van der Waals surface area contributed by atoms with Crippen molar-refractivity contribution in [2.45, 2.75) is 20.0 Å². The average Bonchev–Trinajstić information content (AvgIpc) is 2.47. The summed E-state index contributed by atoms with van der Waals surface area (Å²) in [5.41, 5.74) is 1.22. The van der Waals surface area contributed by atoms with Crippen LogP contribution < -0.4 is 15.8 Å². The molecule has 8 nitrogen and oxygen atoms in total. The molecule has 116 valence electrons. The smallest absolute Gasteiger partial charge is 0.267 e. The lowest BCUT2D eigenvalue weighted by Gasteiger charge is -2.12. The van der Waals surface area contributed by atoms with Crippen LogP contribution in [0.2, 0.25) is 0 Å². The minimum absolute atomic E-state index is 0.121. The molecule has 0 aliphatic carbocycles. The first-order valence-electron chi connectivity index (χ1n) is 6.76. The molecule has 2 heterocycles. The quantitative estimate of drug-likeness (QED) is 0.817. The minimum Gasteiger partial charge on any atom is -0.349 e. The highest BCUT2D eigenvalue weighted by molar-refractivity contribution is 5.75. The van der Waals surface area contributed by atoms with E-state index in [9.17, 15) is 9.59 Å². The summed E-state index contributed by atoms with van der Waals surface area (Å²) in [5.74, 6) is 0.286. The molecule has 2 aromatic rings. The van der Waals surface area contributed by atoms with Gasteiger partial charge in [0.15, 0.2) is 0 Å². The summed E-state index contributed by atoms with van der Waals surface area (Å²) in [7, 11) is 3.70. The molecule has 0 atom stereocenters. The van der Waals surface area contributed by atoms with Crippen molar-refractivity contribution in [2.24, 2.45) is 0 Å². The van der Waals surface area contributed by atoms with Crippen LogP contribution in [0.1, 0.15) is 11.4 Å². The second kappa shape index (κ2) is 6.79. The van der Waals surface area contributed by atoms with Crippen molar-refractivity contribution in [3.8, 4) is 0 Å². The largest absolute Gasteiger partial charge is 0.349 e. The molecule has 0 spiro atoms. The average molecular weight is 302 g/mol. The van der Waals surface area contributed by atoms with Gasteiger partial charge in [-0.25, -0.2) is 14.6 Å². The summed E-state index contributed by atoms with van der Waals surface area (Å²) in [4.78, 5) is 33.8. The lowest BCUT2D eigenvalue weighted by atomic mass is 10.3. The molecule has 2 rings (SSSR count). The van der Waals surface area contributed by atoms with Crippen molar-refractivity contribution in [2.75, 3.05) is 19.0 Å². The van der Waals surface area contributed by atoms with Crippen molar-refractivity contribution in [1.82, 2.24) is 25.1 Å². The second-order valence-corrected chi connectivity index (χ2v) is 4.99. The Labute approximate surface area is 127 Å². The zero-order chi connectivity index (χ0) is 16.1. The van der Waals surface area contributed by atoms with Crippen LogP contribution >= 0.6 is 0 Å². The Balaban J connectivity index is 1.99. The van der Waals surface area contributed by atoms with Crippen LogP contribution in [0.3, 0.4) is 0 Å². The molecule has 0 bridgehead atoms. The number of carbonyl (C=O) groups is 1. The predicted octanol–water partition coefficient (Wildman–Crippen LogP) is -0.276. The molecule has 0 aliphatic heterocycles. The normalized spacial score (nSPS) is 10.3. The van der Waals surface area contributed by atoms with Gasteiger partial charge in [0.1, 0.15) is 6.54 Å². The molecule has 0 saturated carbocycles. The van der Waals surface area contributed by atoms with Gasteiger partial charge >= 0.3 is 0 Å². The van der Waals surface area contributed by atoms with Crippen molar-refractivity contribution >= 4 is 11.9 Å². The van der Waals surface area contributed by atoms with E-state index in [0.717, 1.165) is 10.4 Å². The summed E-state index contributed by atoms with van der Waals surface area (Å²) in [6.45, 7) is 2.02. The van der Waals surface area contributed by atoms with E-state index in [1.807, 2.05) is 21.0 Å². The lowest BCUT2D eigenvalue weighted by Crippen LogP contribution is -2.33. The summed E-state index contributed by atoms with van der Waals surface area (Å²) in [6.07, 6.45) is 1.46. The molecule has 0 saturated heterocycles. The summed E-state index contributed by atoms with van der Waals surface area (Å²) in [6, 6.07) is 4.70. The fourth-order valence-corrected chi connectivity index (χ4v) is 1.79. The minimum atomic E-state index is -0.314. The van der Waals surface area contributed by atoms with Crippen LogP contribution in [-0.2, 0) is 17.9 Å². The number of hydrogen-bond acceptors (Lipinski definition) is 6. The molecule has 0 aromatic carbocycles. The maximum atomic E-state index is 11.9. The number of nitrogens with zero attached hydrogens (tertiary/aromatic N) is 5. The van der Waals surface area contributed by atoms with Crippen molar-refractivity contribution in [3.63, 3.8) is 0 Å². The first-order valence-corrected chi connectivity index (χ1v) is 6.76. The monoisotopic (exact) mass is 302 g/mol. The van der Waals surface area contributed by atoms with Crippen molar-refractivity contribution < 1.29 is 4.79 Å². The van der Waals surface area contributed by atoms with Crippen LogP contribution in [0.4, 0.5) is 5.95 Å². The highest BCUT2D eigenvalue weighted by atomic mass is 16.2. The van der Waals surface area contributed by atoms with Crippen LogP contribution in [0.5, 0.6) is 0 Å². The van der Waals surface area contributed by atoms with Crippen molar-refractivity contribution in [3.05, 3.63) is 46.1 Å². The van der Waals surface area contributed by atoms with Gasteiger partial charge in [-0.1, -0.05) is 0 Å². The highest BCUT2D eigenvalue weighted by Gasteiger charge is 2.08. The maximum Gasteiger partial charge on any atom is 0.267 e. The summed E-state index contributed by atoms with van der Waals surface area (Å²) >= 11 is 0. The third-order valence-corrected chi connectivity index (χ3v) is 2.84. The maximum absolute atomic E-state index is 11.9. The van der Waals surface area contributed by atoms with Crippen LogP contribution in [-0.4, -0.2) is 39.8 Å². The number of hydrogen-bond donors (Lipinski definition) is 1. The Bertz CT molecular complexity index is 725. The molecule has 0 fully saturated rings. The molecule has 0 unspecified atom stereocenters. The Morgan fingerprint density at radius 1 is 1.36 bits per heavy atom. The molecule has 8 heteroatoms. The number of aryl methyl sites for hydroxylation is 1. The van der Waals surface area contributed by atoms with Gasteiger partial charge in [0.25, 0.3) is 5.56 Å². The van der Waals surface area contributed by atoms with E-state index >= 15 is 0 Å². The lowest BCUT2D eigenvalue weighted by molar-refractivity contribution is -0.122. The van der Waals surface area contributed by atoms with E-state index in [1.165, 1.54) is 18.3 Å². The molecule has 22 heavy (non-hydrogen) atoms. The van der Waals surface area contributed by atoms with E-state index in [0.29, 0.717) is 11.6 Å². The molecule has 1 N–H and O–H groups in total. The van der Waals surface area contributed by atoms with Crippen LogP contribution in [0, 0.1) is 6.92 Å². The van der Waals surface area contributed by atoms with E-state index in [-0.39, 0.29) is 24.6 Å². The number of carbonyl (C=O) groups excluding carboxylic acids is 1. The SMILES string of the molecule is Cc1cc(CNC(=O)Cn2ncccc2=O)nc(N(C)C)n1. The van der Waals surface area contributed by atoms with Crippen LogP contribution in [0.25, 0.3) is 0 Å². The standard InChI is InChI=1S/C14H18N6O2/c1-10-7-11(18-14(17-10)19(2)3)8-15-12(21)9-20-13(22)5-4-6-16-20/h4-7H,8-9H2,1-3H3,(H,15,21). The number of aromatic nitrogens is 4. The van der Waals surface area contributed by atoms with Gasteiger partial charge in [0.2, 0.25) is 11.9 Å². The van der Waals surface area contributed by atoms with Gasteiger partial charge in [-0.05, 0) is 19.1 Å². The topological polar surface area (TPSA) is 93.0 Å². The van der Waals surface area contributed by atoms with Gasteiger partial charge in [0.05, 0.1) is 12.2 Å². The number of amides is 1. The van der Waals surface area contributed by atoms with Gasteiger partial charge in [-0.3, -0.25) is 9.59 Å². The third kappa shape index (κ3) is 4.11. The van der Waals surface area contributed by atoms with E-state index in [1.54, 1.807) is 11.0 Å². The van der Waals surface area contributed by atoms with Crippen molar-refractivity contribution in [1.29, 1.82) is 0 Å². The fraction of sp³-hybridized carbons (Fsp3) is 0.357. The summed E-state index contributed by atoms with van der Waals surface area (Å²) < 4.78 is 1.10. The van der Waals surface area contributed by atoms with Gasteiger partial charge in [0, 0.05) is 32.1 Å². The highest BCUT2D eigenvalue weighted by Crippen LogP contribution is 2.07. The molecule has 2 aromatic heterocycles. The predicted molar refractivity (Wildman–Crippen MR) is 81.4 cm³/mol. The van der Waals surface area contributed by atoms with Gasteiger partial charge in [-0.15, -0.1) is 0 Å². The second-order valence-electron chi connectivity index (χ2n) is 4.99. The third-order valence-electron chi connectivity index (χ3n) is 2.84. The molecule has 0 aliphatic rings. The molecular formula is C14H18N6O2. The Hall–Kier alpha value is -2.77. The summed E-state index contributed by atoms with van der Waals surface area (Å²) in [5, 5.41) is 6.56. The Kier molecular flexibility index (Phi) is 4.82. The molecular weight excluding hydrogens is 284 g/mol. The zero-order valence-electron chi connectivity index (χ0n) is 12.8. The number of rotatable bonds is 5.